The third-order valence-electron chi connectivity index (χ3n) is 5.46. The molecule has 2 atom stereocenters. The second kappa shape index (κ2) is 9.11. The van der Waals surface area contributed by atoms with E-state index in [9.17, 15) is 37.5 Å². The molecule has 4 rings (SSSR count). The summed E-state index contributed by atoms with van der Waals surface area (Å²) >= 11 is -0.278. The van der Waals surface area contributed by atoms with Crippen LogP contribution in [0.2, 0.25) is 0 Å². The summed E-state index contributed by atoms with van der Waals surface area (Å²) in [6.07, 6.45) is -1.15. The maximum Gasteiger partial charge on any atom is 0.446 e. The van der Waals surface area contributed by atoms with Crippen molar-refractivity contribution in [1.29, 1.82) is 0 Å². The number of carbonyl (C=O) groups excluding carboxylic acids is 4. The molecule has 2 aromatic carbocycles. The van der Waals surface area contributed by atoms with Crippen molar-refractivity contribution in [3.63, 3.8) is 0 Å². The largest absolute Gasteiger partial charge is 0.446 e. The molecule has 8 nitrogen and oxygen atoms in total. The highest BCUT2D eigenvalue weighted by Gasteiger charge is 2.44. The number of nitrogens with zero attached hydrogens (tertiary/aromatic N) is 1. The zero-order valence-electron chi connectivity index (χ0n) is 17.4. The van der Waals surface area contributed by atoms with E-state index in [1.54, 1.807) is 6.07 Å². The summed E-state index contributed by atoms with van der Waals surface area (Å²) in [5.74, 6) is -2.07. The highest BCUT2D eigenvalue weighted by atomic mass is 32.2. The number of hydrogen-bond acceptors (Lipinski definition) is 6. The fourth-order valence-electron chi connectivity index (χ4n) is 3.85. The van der Waals surface area contributed by atoms with E-state index in [1.165, 1.54) is 36.4 Å². The van der Waals surface area contributed by atoms with Crippen LogP contribution in [0.15, 0.2) is 47.4 Å². The van der Waals surface area contributed by atoms with Gasteiger partial charge < -0.3 is 15.7 Å². The number of amides is 4. The molecule has 1 fully saturated rings. The number of imide groups is 1. The summed E-state index contributed by atoms with van der Waals surface area (Å²) in [5.41, 5.74) is -3.46. The number of aliphatic hydroxyl groups is 1. The third kappa shape index (κ3) is 4.92. The van der Waals surface area contributed by atoms with Gasteiger partial charge in [0.25, 0.3) is 17.7 Å². The number of benzene rings is 2. The highest BCUT2D eigenvalue weighted by Crippen LogP contribution is 2.36. The van der Waals surface area contributed by atoms with E-state index in [4.69, 9.17) is 0 Å². The Morgan fingerprint density at radius 3 is 2.41 bits per heavy atom. The minimum atomic E-state index is -4.42. The molecule has 1 saturated heterocycles. The molecule has 12 heteroatoms. The number of nitrogens with one attached hydrogen (secondary N) is 2. The smallest absolute Gasteiger partial charge is 0.372 e. The number of thioether (sulfide) groups is 1. The first-order valence-corrected chi connectivity index (χ1v) is 11.0. The van der Waals surface area contributed by atoms with Crippen molar-refractivity contribution >= 4 is 35.4 Å². The summed E-state index contributed by atoms with van der Waals surface area (Å²) in [6, 6.07) is 8.55. The van der Waals surface area contributed by atoms with Gasteiger partial charge in [0.2, 0.25) is 5.91 Å². The van der Waals surface area contributed by atoms with Crippen molar-refractivity contribution in [2.24, 2.45) is 0 Å². The molecule has 178 valence electrons. The van der Waals surface area contributed by atoms with Crippen molar-refractivity contribution in [2.75, 3.05) is 0 Å². The predicted molar refractivity (Wildman–Crippen MR) is 114 cm³/mol. The summed E-state index contributed by atoms with van der Waals surface area (Å²) in [6.45, 7) is 0.00868. The lowest BCUT2D eigenvalue weighted by atomic mass is 10.0. The average Bonchev–Trinajstić information content (AvgIpc) is 3.01. The van der Waals surface area contributed by atoms with E-state index in [2.05, 4.69) is 10.6 Å². The monoisotopic (exact) mass is 493 g/mol. The van der Waals surface area contributed by atoms with Crippen LogP contribution in [0.25, 0.3) is 0 Å². The van der Waals surface area contributed by atoms with Crippen LogP contribution in [0.5, 0.6) is 0 Å². The summed E-state index contributed by atoms with van der Waals surface area (Å²) in [4.78, 5) is 50.3. The first kappa shape index (κ1) is 23.8. The molecule has 0 aromatic heterocycles. The van der Waals surface area contributed by atoms with Gasteiger partial charge in [0.1, 0.15) is 6.23 Å². The van der Waals surface area contributed by atoms with E-state index in [-0.39, 0.29) is 58.6 Å². The molecule has 34 heavy (non-hydrogen) atoms. The molecule has 2 aliphatic rings. The molecule has 2 aliphatic heterocycles. The summed E-state index contributed by atoms with van der Waals surface area (Å²) in [7, 11) is 0. The van der Waals surface area contributed by atoms with E-state index >= 15 is 0 Å². The number of piperidine rings is 1. The Morgan fingerprint density at radius 1 is 1.09 bits per heavy atom. The van der Waals surface area contributed by atoms with Crippen LogP contribution < -0.4 is 10.6 Å². The van der Waals surface area contributed by atoms with Crippen molar-refractivity contribution in [3.8, 4) is 0 Å². The Hall–Kier alpha value is -3.38. The van der Waals surface area contributed by atoms with Crippen molar-refractivity contribution in [1.82, 2.24) is 15.5 Å². The first-order chi connectivity index (χ1) is 16.0. The van der Waals surface area contributed by atoms with Crippen LogP contribution >= 0.6 is 11.8 Å². The van der Waals surface area contributed by atoms with Gasteiger partial charge in [-0.25, -0.2) is 0 Å². The lowest BCUT2D eigenvalue weighted by Gasteiger charge is -2.33. The number of halogens is 3. The molecule has 4 amide bonds. The number of alkyl halides is 3. The molecule has 0 spiro atoms. The molecule has 0 aliphatic carbocycles. The predicted octanol–water partition coefficient (Wildman–Crippen LogP) is 2.42. The number of fused-ring (bicyclic) bond motifs is 1. The van der Waals surface area contributed by atoms with Crippen LogP contribution in [0.3, 0.4) is 0 Å². The van der Waals surface area contributed by atoms with Gasteiger partial charge in [0.05, 0.1) is 17.2 Å². The SMILES string of the molecule is O=C1CCC(N2C(=O)c3ccc(CNC(=O)c4ccc(SC(F)(F)F)cc4)cc3C2=O)C(O)N1. The summed E-state index contributed by atoms with van der Waals surface area (Å²) < 4.78 is 37.3. The van der Waals surface area contributed by atoms with Crippen molar-refractivity contribution in [2.45, 2.75) is 42.1 Å². The standard InChI is InChI=1S/C22H18F3N3O5S/c23-22(24,25)34-13-4-2-12(3-5-13)18(30)26-10-11-1-6-14-15(9-11)21(33)28(20(14)32)16-7-8-17(29)27-19(16)31/h1-6,9,16,19,31H,7-8,10H2,(H,26,30)(H,27,29). The van der Waals surface area contributed by atoms with Gasteiger partial charge in [-0.3, -0.25) is 24.1 Å². The summed E-state index contributed by atoms with van der Waals surface area (Å²) in [5, 5.41) is 15.0. The van der Waals surface area contributed by atoms with Crippen LogP contribution in [0, 0.1) is 0 Å². The van der Waals surface area contributed by atoms with Gasteiger partial charge in [-0.05, 0) is 60.1 Å². The minimum Gasteiger partial charge on any atom is -0.372 e. The molecular formula is C22H18F3N3O5S. The first-order valence-electron chi connectivity index (χ1n) is 10.2. The molecule has 2 aromatic rings. The topological polar surface area (TPSA) is 116 Å². The normalized spacial score (nSPS) is 20.2. The maximum atomic E-state index is 12.9. The fourth-order valence-corrected chi connectivity index (χ4v) is 4.39. The molecule has 0 bridgehead atoms. The minimum absolute atomic E-state index is 0.00868. The van der Waals surface area contributed by atoms with Crippen LogP contribution in [0.1, 0.15) is 49.5 Å². The maximum absolute atomic E-state index is 12.9. The third-order valence-corrected chi connectivity index (χ3v) is 6.20. The molecule has 0 radical (unpaired) electrons. The van der Waals surface area contributed by atoms with Gasteiger partial charge >= 0.3 is 5.51 Å². The van der Waals surface area contributed by atoms with Crippen molar-refractivity contribution in [3.05, 3.63) is 64.7 Å². The Labute approximate surface area is 195 Å². The molecule has 3 N–H and O–H groups in total. The number of aliphatic hydroxyl groups excluding tert-OH is 1. The Kier molecular flexibility index (Phi) is 6.36. The highest BCUT2D eigenvalue weighted by molar-refractivity contribution is 8.00. The zero-order chi connectivity index (χ0) is 24.6. The van der Waals surface area contributed by atoms with Gasteiger partial charge in [-0.1, -0.05) is 6.07 Å². The zero-order valence-corrected chi connectivity index (χ0v) is 18.2. The Bertz CT molecular complexity index is 1170. The number of carbonyl (C=O) groups is 4. The van der Waals surface area contributed by atoms with Crippen molar-refractivity contribution < 1.29 is 37.5 Å². The van der Waals surface area contributed by atoms with E-state index < -0.39 is 35.5 Å². The number of rotatable bonds is 5. The van der Waals surface area contributed by atoms with Gasteiger partial charge in [0, 0.05) is 23.4 Å². The van der Waals surface area contributed by atoms with Gasteiger partial charge in [-0.2, -0.15) is 13.2 Å². The van der Waals surface area contributed by atoms with E-state index in [1.807, 2.05) is 0 Å². The lowest BCUT2D eigenvalue weighted by Crippen LogP contribution is -2.57. The quantitative estimate of drug-likeness (QED) is 0.435. The lowest BCUT2D eigenvalue weighted by molar-refractivity contribution is -0.129. The van der Waals surface area contributed by atoms with Crippen LogP contribution in [0.4, 0.5) is 13.2 Å². The fraction of sp³-hybridized carbons (Fsp3) is 0.273. The van der Waals surface area contributed by atoms with Crippen LogP contribution in [-0.2, 0) is 11.3 Å². The van der Waals surface area contributed by atoms with Crippen LogP contribution in [-0.4, -0.2) is 51.4 Å². The van der Waals surface area contributed by atoms with Gasteiger partial charge in [0.15, 0.2) is 0 Å². The number of hydrogen-bond donors (Lipinski definition) is 3. The molecule has 2 unspecified atom stereocenters. The molecule has 0 saturated carbocycles. The van der Waals surface area contributed by atoms with E-state index in [0.29, 0.717) is 5.56 Å². The van der Waals surface area contributed by atoms with E-state index in [0.717, 1.165) is 4.90 Å². The molecular weight excluding hydrogens is 475 g/mol. The average molecular weight is 493 g/mol. The Morgan fingerprint density at radius 2 is 1.76 bits per heavy atom. The Balaban J connectivity index is 1.42. The van der Waals surface area contributed by atoms with Gasteiger partial charge in [-0.15, -0.1) is 0 Å². The molecule has 2 heterocycles. The second-order valence-electron chi connectivity index (χ2n) is 7.73. The second-order valence-corrected chi connectivity index (χ2v) is 8.87.